The van der Waals surface area contributed by atoms with Crippen molar-refractivity contribution < 1.29 is 19.1 Å². The largest absolute Gasteiger partial charge is 0.458 e. The van der Waals surface area contributed by atoms with Gasteiger partial charge in [-0.2, -0.15) is 0 Å². The number of hydrogen-bond acceptors (Lipinski definition) is 4. The Balaban J connectivity index is 1.99. The Morgan fingerprint density at radius 2 is 1.91 bits per heavy atom. The van der Waals surface area contributed by atoms with Gasteiger partial charge in [-0.3, -0.25) is 4.79 Å². The third-order valence-corrected chi connectivity index (χ3v) is 4.58. The lowest BCUT2D eigenvalue weighted by atomic mass is 9.82. The molecule has 4 heteroatoms. The van der Waals surface area contributed by atoms with Gasteiger partial charge in [0.15, 0.2) is 0 Å². The van der Waals surface area contributed by atoms with E-state index >= 15 is 0 Å². The molecule has 0 amide bonds. The van der Waals surface area contributed by atoms with Crippen LogP contribution in [0, 0.1) is 0 Å². The highest BCUT2D eigenvalue weighted by atomic mass is 16.6. The smallest absolute Gasteiger partial charge is 0.333 e. The average Bonchev–Trinajstić information content (AvgIpc) is 2.84. The minimum atomic E-state index is -0.717. The van der Waals surface area contributed by atoms with Crippen molar-refractivity contribution in [2.75, 3.05) is 0 Å². The zero-order chi connectivity index (χ0) is 16.2. The van der Waals surface area contributed by atoms with Gasteiger partial charge in [0.2, 0.25) is 0 Å². The van der Waals surface area contributed by atoms with Crippen LogP contribution in [-0.2, 0) is 19.1 Å². The van der Waals surface area contributed by atoms with Gasteiger partial charge in [0.05, 0.1) is 6.42 Å². The molecule has 0 heterocycles. The van der Waals surface area contributed by atoms with Crippen molar-refractivity contribution >= 4 is 11.9 Å². The Morgan fingerprint density at radius 1 is 1.23 bits per heavy atom. The van der Waals surface area contributed by atoms with E-state index in [0.717, 1.165) is 44.1 Å². The Morgan fingerprint density at radius 3 is 2.45 bits per heavy atom. The third-order valence-electron chi connectivity index (χ3n) is 4.58. The molecule has 0 saturated heterocycles. The Bertz CT molecular complexity index is 471. The van der Waals surface area contributed by atoms with E-state index in [4.69, 9.17) is 9.47 Å². The summed E-state index contributed by atoms with van der Waals surface area (Å²) in [5, 5.41) is 0. The number of ether oxygens (including phenoxy) is 2. The maximum atomic E-state index is 12.3. The lowest BCUT2D eigenvalue weighted by molar-refractivity contribution is -0.168. The van der Waals surface area contributed by atoms with Crippen LogP contribution in [0.3, 0.4) is 0 Å². The molecule has 0 bridgehead atoms. The molecule has 1 atom stereocenters. The molecule has 2 rings (SSSR count). The van der Waals surface area contributed by atoms with E-state index in [0.29, 0.717) is 18.4 Å². The summed E-state index contributed by atoms with van der Waals surface area (Å²) in [6, 6.07) is 0. The van der Waals surface area contributed by atoms with Gasteiger partial charge in [0.25, 0.3) is 0 Å². The van der Waals surface area contributed by atoms with E-state index in [2.05, 4.69) is 13.2 Å². The summed E-state index contributed by atoms with van der Waals surface area (Å²) in [7, 11) is 0. The van der Waals surface area contributed by atoms with Gasteiger partial charge in [0.1, 0.15) is 11.7 Å². The van der Waals surface area contributed by atoms with E-state index in [9.17, 15) is 9.59 Å². The Labute approximate surface area is 132 Å². The molecule has 2 fully saturated rings. The third kappa shape index (κ3) is 4.21. The first-order valence-corrected chi connectivity index (χ1v) is 8.18. The van der Waals surface area contributed by atoms with Crippen molar-refractivity contribution in [2.24, 2.45) is 0 Å². The zero-order valence-corrected chi connectivity index (χ0v) is 13.5. The summed E-state index contributed by atoms with van der Waals surface area (Å²) < 4.78 is 11.2. The van der Waals surface area contributed by atoms with Crippen molar-refractivity contribution in [2.45, 2.75) is 76.4 Å². The van der Waals surface area contributed by atoms with E-state index in [1.807, 2.05) is 0 Å². The Kier molecular flexibility index (Phi) is 5.43. The highest BCUT2D eigenvalue weighted by Gasteiger charge is 2.39. The molecule has 0 N–H and O–H groups in total. The fourth-order valence-corrected chi connectivity index (χ4v) is 3.28. The maximum Gasteiger partial charge on any atom is 0.333 e. The van der Waals surface area contributed by atoms with Crippen molar-refractivity contribution in [3.63, 3.8) is 0 Å². The molecular weight excluding hydrogens is 280 g/mol. The predicted molar refractivity (Wildman–Crippen MR) is 84.2 cm³/mol. The lowest BCUT2D eigenvalue weighted by Gasteiger charge is -2.36. The second-order valence-electron chi connectivity index (χ2n) is 6.62. The molecule has 0 radical (unpaired) electrons. The molecule has 1 unspecified atom stereocenters. The average molecular weight is 306 g/mol. The first kappa shape index (κ1) is 16.8. The standard InChI is InChI=1S/C18H26O4/c1-13(2)17(20)22-18(10-5-4-6-11-18)12-16(19)21-15-9-7-8-14(15)3/h15H,1,3-12H2,2H3. The molecule has 22 heavy (non-hydrogen) atoms. The first-order valence-electron chi connectivity index (χ1n) is 8.18. The molecule has 0 aliphatic heterocycles. The molecule has 0 aromatic carbocycles. The van der Waals surface area contributed by atoms with Crippen LogP contribution in [-0.4, -0.2) is 23.6 Å². The second-order valence-corrected chi connectivity index (χ2v) is 6.62. The molecule has 4 nitrogen and oxygen atoms in total. The van der Waals surface area contributed by atoms with Gasteiger partial charge in [0, 0.05) is 5.57 Å². The normalized spacial score (nSPS) is 23.9. The summed E-state index contributed by atoms with van der Waals surface area (Å²) in [5.74, 6) is -0.704. The van der Waals surface area contributed by atoms with Gasteiger partial charge in [-0.1, -0.05) is 19.6 Å². The molecule has 122 valence electrons. The van der Waals surface area contributed by atoms with Crippen LogP contribution in [0.1, 0.15) is 64.7 Å². The van der Waals surface area contributed by atoms with E-state index < -0.39 is 11.6 Å². The van der Waals surface area contributed by atoms with Crippen LogP contribution < -0.4 is 0 Å². The molecule has 0 spiro atoms. The van der Waals surface area contributed by atoms with E-state index in [1.165, 1.54) is 0 Å². The molecule has 0 aromatic rings. The van der Waals surface area contributed by atoms with Gasteiger partial charge in [-0.05, 0) is 57.4 Å². The summed E-state index contributed by atoms with van der Waals surface area (Å²) in [6.07, 6.45) is 7.24. The van der Waals surface area contributed by atoms with Crippen LogP contribution in [0.15, 0.2) is 24.3 Å². The number of hydrogen-bond donors (Lipinski definition) is 0. The summed E-state index contributed by atoms with van der Waals surface area (Å²) >= 11 is 0. The number of rotatable bonds is 5. The van der Waals surface area contributed by atoms with Gasteiger partial charge in [-0.15, -0.1) is 0 Å². The monoisotopic (exact) mass is 306 g/mol. The lowest BCUT2D eigenvalue weighted by Crippen LogP contribution is -2.40. The van der Waals surface area contributed by atoms with E-state index in [1.54, 1.807) is 6.92 Å². The molecular formula is C18H26O4. The predicted octanol–water partition coefficient (Wildman–Crippen LogP) is 3.85. The summed E-state index contributed by atoms with van der Waals surface area (Å²) in [6.45, 7) is 9.20. The van der Waals surface area contributed by atoms with Gasteiger partial charge in [-0.25, -0.2) is 4.79 Å². The molecule has 2 saturated carbocycles. The van der Waals surface area contributed by atoms with Crippen LogP contribution >= 0.6 is 0 Å². The van der Waals surface area contributed by atoms with Crippen molar-refractivity contribution in [3.05, 3.63) is 24.3 Å². The highest BCUT2D eigenvalue weighted by molar-refractivity contribution is 5.87. The van der Waals surface area contributed by atoms with Crippen LogP contribution in [0.2, 0.25) is 0 Å². The Hall–Kier alpha value is -1.58. The SMILES string of the molecule is C=C(C)C(=O)OC1(CC(=O)OC2CCCC2=C)CCCCC1. The highest BCUT2D eigenvalue weighted by Crippen LogP contribution is 2.36. The number of carbonyl (C=O) groups is 2. The van der Waals surface area contributed by atoms with Gasteiger partial charge < -0.3 is 9.47 Å². The minimum Gasteiger partial charge on any atom is -0.458 e. The molecule has 2 aliphatic carbocycles. The first-order chi connectivity index (χ1) is 10.4. The summed E-state index contributed by atoms with van der Waals surface area (Å²) in [4.78, 5) is 24.2. The molecule has 0 aromatic heterocycles. The number of carbonyl (C=O) groups excluding carboxylic acids is 2. The van der Waals surface area contributed by atoms with Crippen molar-refractivity contribution in [1.29, 1.82) is 0 Å². The maximum absolute atomic E-state index is 12.3. The van der Waals surface area contributed by atoms with Crippen LogP contribution in [0.4, 0.5) is 0 Å². The van der Waals surface area contributed by atoms with E-state index in [-0.39, 0.29) is 18.5 Å². The zero-order valence-electron chi connectivity index (χ0n) is 13.5. The van der Waals surface area contributed by atoms with Crippen LogP contribution in [0.25, 0.3) is 0 Å². The van der Waals surface area contributed by atoms with Crippen molar-refractivity contribution in [3.8, 4) is 0 Å². The topological polar surface area (TPSA) is 52.6 Å². The fourth-order valence-electron chi connectivity index (χ4n) is 3.28. The van der Waals surface area contributed by atoms with Gasteiger partial charge >= 0.3 is 11.9 Å². The number of esters is 2. The summed E-state index contributed by atoms with van der Waals surface area (Å²) in [5.41, 5.74) is 0.637. The van der Waals surface area contributed by atoms with Crippen LogP contribution in [0.5, 0.6) is 0 Å². The minimum absolute atomic E-state index is 0.135. The second kappa shape index (κ2) is 7.12. The quantitative estimate of drug-likeness (QED) is 0.440. The fraction of sp³-hybridized carbons (Fsp3) is 0.667. The molecule has 2 aliphatic rings. The van der Waals surface area contributed by atoms with Crippen molar-refractivity contribution in [1.82, 2.24) is 0 Å².